The first-order chi connectivity index (χ1) is 23.9. The van der Waals surface area contributed by atoms with Gasteiger partial charge >= 0.3 is 0 Å². The molecule has 0 atom stereocenters. The Morgan fingerprint density at radius 1 is 1.02 bits per heavy atom. The number of nitro groups is 1. The van der Waals surface area contributed by atoms with Gasteiger partial charge in [-0.3, -0.25) is 16.0 Å². The molecule has 3 aromatic rings. The smallest absolute Gasteiger partial charge is 0.238 e. The van der Waals surface area contributed by atoms with Crippen LogP contribution in [0.15, 0.2) is 39.2 Å². The second-order valence-electron chi connectivity index (χ2n) is 9.76. The Kier molecular flexibility index (Phi) is 17.5. The molecule has 14 nitrogen and oxygen atoms in total. The molecule has 0 aliphatic heterocycles. The highest BCUT2D eigenvalue weighted by atomic mass is 16.7. The summed E-state index contributed by atoms with van der Waals surface area (Å²) in [5.41, 5.74) is 3.75. The van der Waals surface area contributed by atoms with Crippen LogP contribution in [0.5, 0.6) is 0 Å². The van der Waals surface area contributed by atoms with Gasteiger partial charge in [0.25, 0.3) is 0 Å². The number of aryl methyl sites for hydroxylation is 1. The van der Waals surface area contributed by atoms with Gasteiger partial charge in [0.1, 0.15) is 0 Å². The van der Waals surface area contributed by atoms with E-state index in [1.807, 2.05) is 27.7 Å². The van der Waals surface area contributed by atoms with Crippen molar-refractivity contribution >= 4 is 28.6 Å². The number of anilines is 1. The van der Waals surface area contributed by atoms with Crippen molar-refractivity contribution in [3.05, 3.63) is 51.5 Å². The summed E-state index contributed by atoms with van der Waals surface area (Å²) in [7, 11) is 0. The molecule has 0 bridgehead atoms. The molecule has 0 spiro atoms. The van der Waals surface area contributed by atoms with Gasteiger partial charge in [-0.25, -0.2) is 14.4 Å². The SMILES string of the molecule is C#CC#CC#CC#CC#CC#CC#CC#CC#C.NN=NN[N+](=O)[O-].[C-]#[N+]c1ccc2nc(NC(=O)CC(C)(C)C)n(-c3cc(C)no3)c2c1.[HH].[HH].[HH].[HH].[HH].[HH].[HH].[HH]. The Morgan fingerprint density at radius 2 is 1.54 bits per heavy atom. The number of fused-ring (bicyclic) bond motifs is 1. The molecule has 0 saturated heterocycles. The van der Waals surface area contributed by atoms with Gasteiger partial charge in [0.15, 0.2) is 10.9 Å². The number of aromatic nitrogens is 3. The summed E-state index contributed by atoms with van der Waals surface area (Å²) in [6.07, 6.45) is 10.1. The predicted molar refractivity (Wildman–Crippen MR) is 203 cm³/mol. The Labute approximate surface area is 300 Å². The number of imidazole rings is 1. The molecule has 0 saturated carbocycles. The second-order valence-corrected chi connectivity index (χ2v) is 9.76. The van der Waals surface area contributed by atoms with E-state index in [2.05, 4.69) is 131 Å². The molecule has 14 heteroatoms. The van der Waals surface area contributed by atoms with Crippen molar-refractivity contribution in [1.29, 1.82) is 0 Å². The highest BCUT2D eigenvalue weighted by Gasteiger charge is 2.21. The third-order valence-corrected chi connectivity index (χ3v) is 4.69. The molecule has 0 aliphatic carbocycles. The van der Waals surface area contributed by atoms with Gasteiger partial charge in [-0.15, -0.1) is 12.8 Å². The average molecular weight is 677 g/mol. The van der Waals surface area contributed by atoms with Crippen LogP contribution < -0.4 is 16.7 Å². The van der Waals surface area contributed by atoms with Crippen LogP contribution in [-0.4, -0.2) is 25.6 Å². The van der Waals surface area contributed by atoms with E-state index in [0.29, 0.717) is 40.7 Å². The Balaban J connectivity index is -0.000000113. The number of nitrogens with two attached hydrogens (primary N) is 1. The molecule has 50 heavy (non-hydrogen) atoms. The highest BCUT2D eigenvalue weighted by molar-refractivity contribution is 5.93. The minimum absolute atomic E-state index is 0. The van der Waals surface area contributed by atoms with Crippen LogP contribution in [-0.2, 0) is 4.79 Å². The van der Waals surface area contributed by atoms with E-state index in [-0.39, 0.29) is 22.7 Å². The summed E-state index contributed by atoms with van der Waals surface area (Å²) in [6.45, 7) is 15.0. The standard InChI is InChI=1S/C18H19N5O2.C18H2.H3N5O2.8H2/c1-11-8-16(25-22-11)23-14-9-12(19-5)6-7-13(14)20-17(23)21-15(24)10-18(2,3)4;1-3-5-7-9-11-13-15-17-18-16-14-12-10-8-6-4-2;1-2-3-4-5(6)7;;;;;;;;/h6-9H,10H2,1-4H3,(H,20,21,24);1-2H;(H2,1,3)(H,2,4);8*1H. The minimum Gasteiger partial charge on any atom is -0.339 e. The Morgan fingerprint density at radius 3 is 1.92 bits per heavy atom. The molecule has 0 aliphatic rings. The lowest BCUT2D eigenvalue weighted by Gasteiger charge is -2.17. The van der Waals surface area contributed by atoms with Crippen molar-refractivity contribution in [2.24, 2.45) is 21.7 Å². The lowest BCUT2D eigenvalue weighted by atomic mass is 9.92. The van der Waals surface area contributed by atoms with E-state index in [9.17, 15) is 14.9 Å². The van der Waals surface area contributed by atoms with E-state index in [4.69, 9.17) is 23.9 Å². The van der Waals surface area contributed by atoms with Crippen LogP contribution in [0.2, 0.25) is 0 Å². The van der Waals surface area contributed by atoms with Crippen LogP contribution in [0.25, 0.3) is 21.8 Å². The summed E-state index contributed by atoms with van der Waals surface area (Å²) in [6, 6.07) is 6.92. The third-order valence-electron chi connectivity index (χ3n) is 4.69. The van der Waals surface area contributed by atoms with Gasteiger partial charge in [-0.1, -0.05) is 32.0 Å². The Hall–Kier alpha value is -8.50. The fourth-order valence-corrected chi connectivity index (χ4v) is 3.06. The Bertz CT molecular complexity index is 2300. The number of hydrazine groups is 1. The molecular weight excluding hydrogens is 636 g/mol. The van der Waals surface area contributed by atoms with E-state index >= 15 is 0 Å². The molecule has 3 rings (SSSR count). The average Bonchev–Trinajstić information content (AvgIpc) is 3.65. The number of hydrogen-bond donors (Lipinski definition) is 3. The maximum Gasteiger partial charge on any atom is 0.238 e. The fourth-order valence-electron chi connectivity index (χ4n) is 3.06. The number of nitrogens with zero attached hydrogens (tertiary/aromatic N) is 7. The molecule has 1 amide bonds. The third kappa shape index (κ3) is 16.5. The minimum atomic E-state index is -0.879. The van der Waals surface area contributed by atoms with Crippen molar-refractivity contribution in [1.82, 2.24) is 20.2 Å². The number of carbonyl (C=O) groups is 1. The number of benzene rings is 1. The topological polar surface area (TPSA) is 183 Å². The fraction of sp³-hybridized carbons (Fsp3) is 0.167. The molecule has 0 fully saturated rings. The number of nitrogens with one attached hydrogen (secondary N) is 2. The zero-order valence-corrected chi connectivity index (χ0v) is 27.0. The van der Waals surface area contributed by atoms with Crippen LogP contribution in [0, 0.1) is 137 Å². The predicted octanol–water partition coefficient (Wildman–Crippen LogP) is 5.50. The molecule has 258 valence electrons. The van der Waals surface area contributed by atoms with Crippen LogP contribution >= 0.6 is 0 Å². The number of hydrogen-bond acceptors (Lipinski definition) is 8. The monoisotopic (exact) mass is 676 g/mol. The van der Waals surface area contributed by atoms with Gasteiger partial charge < -0.3 is 14.6 Å². The van der Waals surface area contributed by atoms with E-state index < -0.39 is 5.03 Å². The van der Waals surface area contributed by atoms with E-state index in [1.165, 1.54) is 5.53 Å². The summed E-state index contributed by atoms with van der Waals surface area (Å²) < 4.78 is 7.03. The number of carbonyl (C=O) groups excluding carboxylic acids is 1. The van der Waals surface area contributed by atoms with Gasteiger partial charge in [0, 0.05) is 29.4 Å². The second kappa shape index (κ2) is 22.1. The number of amides is 1. The highest BCUT2D eigenvalue weighted by Crippen LogP contribution is 2.29. The van der Waals surface area contributed by atoms with Crippen molar-refractivity contribution in [2.45, 2.75) is 34.1 Å². The van der Waals surface area contributed by atoms with Gasteiger partial charge in [-0.2, -0.15) is 0 Å². The zero-order valence-electron chi connectivity index (χ0n) is 27.0. The largest absolute Gasteiger partial charge is 0.339 e. The molecule has 2 aromatic heterocycles. The maximum absolute atomic E-state index is 12.4. The van der Waals surface area contributed by atoms with Crippen molar-refractivity contribution < 1.29 is 25.8 Å². The first kappa shape index (κ1) is 39.5. The van der Waals surface area contributed by atoms with Crippen LogP contribution in [0.3, 0.4) is 0 Å². The number of terminal acetylenes is 2. The lowest BCUT2D eigenvalue weighted by Crippen LogP contribution is -2.21. The van der Waals surface area contributed by atoms with Gasteiger partial charge in [0.2, 0.25) is 17.7 Å². The molecule has 0 unspecified atom stereocenters. The molecular formula is C36H40N10O4. The van der Waals surface area contributed by atoms with E-state index in [1.54, 1.807) is 28.8 Å². The summed E-state index contributed by atoms with van der Waals surface area (Å²) in [5.74, 6) is 43.3. The first-order valence-electron chi connectivity index (χ1n) is 13.5. The molecule has 4 N–H and O–H groups in total. The molecule has 1 aromatic carbocycles. The van der Waals surface area contributed by atoms with Crippen molar-refractivity contribution in [3.63, 3.8) is 0 Å². The van der Waals surface area contributed by atoms with Crippen molar-refractivity contribution in [2.75, 3.05) is 5.32 Å². The lowest BCUT2D eigenvalue weighted by molar-refractivity contribution is -0.546. The van der Waals surface area contributed by atoms with Gasteiger partial charge in [0.05, 0.1) is 33.6 Å². The van der Waals surface area contributed by atoms with Crippen LogP contribution in [0.4, 0.5) is 11.6 Å². The quantitative estimate of drug-likeness (QED) is 0.0790. The maximum atomic E-state index is 12.4. The normalized spacial score (nSPS) is 8.34. The summed E-state index contributed by atoms with van der Waals surface area (Å²) in [5, 5.41) is 20.3. The van der Waals surface area contributed by atoms with Crippen molar-refractivity contribution in [3.8, 4) is 113 Å². The van der Waals surface area contributed by atoms with Gasteiger partial charge in [-0.05, 0) is 119 Å². The summed E-state index contributed by atoms with van der Waals surface area (Å²) in [4.78, 5) is 29.5. The van der Waals surface area contributed by atoms with E-state index in [0.717, 1.165) is 0 Å². The summed E-state index contributed by atoms with van der Waals surface area (Å²) >= 11 is 0. The zero-order chi connectivity index (χ0) is 37.2. The molecule has 2 heterocycles. The number of rotatable bonds is 5. The first-order valence-corrected chi connectivity index (χ1v) is 13.5. The molecule has 0 radical (unpaired) electrons. The van der Waals surface area contributed by atoms with Crippen LogP contribution in [0.1, 0.15) is 44.3 Å².